The molecule has 15 heteroatoms. The minimum Gasteiger partial charge on any atom is -0.387 e. The van der Waals surface area contributed by atoms with Crippen molar-refractivity contribution in [2.45, 2.75) is 153 Å². The monoisotopic (exact) mass is 798 g/mol. The Morgan fingerprint density at radius 2 is 1.50 bits per heavy atom. The van der Waals surface area contributed by atoms with Crippen LogP contribution in [0.5, 0.6) is 0 Å². The fourth-order valence-electron chi connectivity index (χ4n) is 7.78. The van der Waals surface area contributed by atoms with Crippen LogP contribution in [0, 0.1) is 11.3 Å². The van der Waals surface area contributed by atoms with Gasteiger partial charge in [-0.25, -0.2) is 14.1 Å². The number of nitrogens with zero attached hydrogens (tertiary/aromatic N) is 5. The molecular formula is C41H63N6O8P. The number of anilines is 1. The lowest BCUT2D eigenvalue weighted by Gasteiger charge is -2.28. The van der Waals surface area contributed by atoms with E-state index in [1.807, 2.05) is 18.2 Å². The van der Waals surface area contributed by atoms with E-state index in [2.05, 4.69) is 34.0 Å². The van der Waals surface area contributed by atoms with Crippen LogP contribution in [-0.2, 0) is 41.8 Å². The second-order valence-corrected chi connectivity index (χ2v) is 16.8. The van der Waals surface area contributed by atoms with Crippen molar-refractivity contribution in [3.63, 3.8) is 0 Å². The van der Waals surface area contributed by atoms with Crippen molar-refractivity contribution in [3.05, 3.63) is 59.5 Å². The van der Waals surface area contributed by atoms with Crippen LogP contribution >= 0.6 is 7.82 Å². The lowest BCUT2D eigenvalue weighted by molar-refractivity contribution is -0.0650. The molecule has 0 spiro atoms. The number of nitrogen functional groups attached to an aromatic ring is 1. The Morgan fingerprint density at radius 3 is 2.09 bits per heavy atom. The van der Waals surface area contributed by atoms with Crippen molar-refractivity contribution in [1.29, 1.82) is 5.26 Å². The van der Waals surface area contributed by atoms with E-state index >= 15 is 0 Å². The number of nitriles is 1. The van der Waals surface area contributed by atoms with Gasteiger partial charge in [0.15, 0.2) is 5.82 Å². The lowest BCUT2D eigenvalue weighted by Crippen LogP contribution is -2.41. The van der Waals surface area contributed by atoms with E-state index in [9.17, 15) is 24.9 Å². The maximum Gasteiger partial charge on any atom is 0.472 e. The number of fused-ring (bicyclic) bond motifs is 2. The third-order valence-corrected chi connectivity index (χ3v) is 12.1. The summed E-state index contributed by atoms with van der Waals surface area (Å²) in [5.41, 5.74) is 6.72. The van der Waals surface area contributed by atoms with Gasteiger partial charge < -0.3 is 30.3 Å². The second-order valence-electron chi connectivity index (χ2n) is 15.4. The van der Waals surface area contributed by atoms with Crippen molar-refractivity contribution in [1.82, 2.24) is 19.5 Å². The first kappa shape index (κ1) is 44.1. The molecule has 2 aliphatic heterocycles. The summed E-state index contributed by atoms with van der Waals surface area (Å²) in [6.07, 6.45) is 17.3. The molecule has 56 heavy (non-hydrogen) atoms. The molecule has 310 valence electrons. The van der Waals surface area contributed by atoms with Crippen LogP contribution in [-0.4, -0.2) is 85.4 Å². The molecular weight excluding hydrogens is 735 g/mol. The number of benzene rings is 1. The summed E-state index contributed by atoms with van der Waals surface area (Å²) in [5.74, 6) is 0.146. The minimum absolute atomic E-state index is 0.107. The summed E-state index contributed by atoms with van der Waals surface area (Å²) in [5, 5.41) is 36.2. The van der Waals surface area contributed by atoms with E-state index in [4.69, 9.17) is 24.3 Å². The predicted octanol–water partition coefficient (Wildman–Crippen LogP) is 6.95. The van der Waals surface area contributed by atoms with Crippen LogP contribution in [0.3, 0.4) is 0 Å². The average molecular weight is 799 g/mol. The van der Waals surface area contributed by atoms with Gasteiger partial charge in [-0.1, -0.05) is 128 Å². The Bertz CT molecular complexity index is 1700. The molecule has 5 N–H and O–H groups in total. The highest BCUT2D eigenvalue weighted by Crippen LogP contribution is 2.46. The Hall–Kier alpha value is -2.96. The molecule has 1 saturated heterocycles. The standard InChI is InChI=1S/C41H63N6O8P/c1-2-3-4-5-6-7-8-9-10-11-12-13-14-15-16-19-24-52-27-34(46-25-32-20-17-18-21-33(32)26-46)28-53-56(50,51)54-29-36-38(48)39(49)41(30-42,55-36)37-23-22-35-40(43)44-31-45-47(35)37/h17-18,20-23,31,34,36,38-39,48-49H,2-16,19,24-29H2,1H3,(H,50,51)(H2,43,44,45)/t34-,36-,38-,39-,41+/m1/s1. The average Bonchev–Trinajstić information content (AvgIpc) is 3.90. The smallest absolute Gasteiger partial charge is 0.387 e. The molecule has 2 aliphatic rings. The van der Waals surface area contributed by atoms with Crippen LogP contribution in [0.1, 0.15) is 126 Å². The fourth-order valence-corrected chi connectivity index (χ4v) is 8.55. The molecule has 4 heterocycles. The zero-order chi connectivity index (χ0) is 39.8. The Morgan fingerprint density at radius 1 is 0.911 bits per heavy atom. The van der Waals surface area contributed by atoms with Gasteiger partial charge in [-0.05, 0) is 29.7 Å². The zero-order valence-corrected chi connectivity index (χ0v) is 33.9. The molecule has 1 aromatic carbocycles. The molecule has 0 radical (unpaired) electrons. The Balaban J connectivity index is 1.02. The maximum atomic E-state index is 13.2. The van der Waals surface area contributed by atoms with Crippen molar-refractivity contribution >= 4 is 19.2 Å². The molecule has 0 bridgehead atoms. The van der Waals surface area contributed by atoms with E-state index in [-0.39, 0.29) is 24.2 Å². The van der Waals surface area contributed by atoms with Gasteiger partial charge in [0.1, 0.15) is 36.2 Å². The van der Waals surface area contributed by atoms with Crippen molar-refractivity contribution in [3.8, 4) is 6.07 Å². The first-order valence-electron chi connectivity index (χ1n) is 20.7. The van der Waals surface area contributed by atoms with Gasteiger partial charge in [0.05, 0.1) is 31.6 Å². The van der Waals surface area contributed by atoms with Crippen LogP contribution in [0.25, 0.3) is 5.52 Å². The van der Waals surface area contributed by atoms with Gasteiger partial charge in [0, 0.05) is 19.7 Å². The molecule has 14 nitrogen and oxygen atoms in total. The number of ether oxygens (including phenoxy) is 2. The summed E-state index contributed by atoms with van der Waals surface area (Å²) < 4.78 is 37.2. The van der Waals surface area contributed by atoms with Crippen LogP contribution < -0.4 is 5.73 Å². The van der Waals surface area contributed by atoms with Crippen LogP contribution in [0.15, 0.2) is 42.7 Å². The predicted molar refractivity (Wildman–Crippen MR) is 213 cm³/mol. The third kappa shape index (κ3) is 12.0. The number of rotatable bonds is 27. The number of hydrogen-bond acceptors (Lipinski definition) is 12. The maximum absolute atomic E-state index is 13.2. The summed E-state index contributed by atoms with van der Waals surface area (Å²) in [4.78, 5) is 16.8. The topological polar surface area (TPSA) is 198 Å². The van der Waals surface area contributed by atoms with E-state index in [0.717, 1.165) is 12.8 Å². The molecule has 0 amide bonds. The first-order chi connectivity index (χ1) is 27.2. The van der Waals surface area contributed by atoms with E-state index in [1.165, 1.54) is 118 Å². The highest BCUT2D eigenvalue weighted by atomic mass is 31.2. The summed E-state index contributed by atoms with van der Waals surface area (Å²) in [6, 6.07) is 12.8. The molecule has 0 saturated carbocycles. The number of nitrogens with two attached hydrogens (primary N) is 1. The molecule has 0 aliphatic carbocycles. The van der Waals surface area contributed by atoms with Gasteiger partial charge in [-0.15, -0.1) is 0 Å². The van der Waals surface area contributed by atoms with E-state index in [1.54, 1.807) is 6.07 Å². The quantitative estimate of drug-likeness (QED) is 0.0457. The van der Waals surface area contributed by atoms with Gasteiger partial charge >= 0.3 is 7.82 Å². The molecule has 6 atom stereocenters. The van der Waals surface area contributed by atoms with Crippen molar-refractivity contribution < 1.29 is 38.2 Å². The Labute approximate surface area is 331 Å². The molecule has 5 rings (SSSR count). The van der Waals surface area contributed by atoms with Crippen LogP contribution in [0.4, 0.5) is 5.82 Å². The third-order valence-electron chi connectivity index (χ3n) is 11.2. The molecule has 1 unspecified atom stereocenters. The summed E-state index contributed by atoms with van der Waals surface area (Å²) in [6.45, 7) is 3.71. The van der Waals surface area contributed by atoms with E-state index in [0.29, 0.717) is 31.8 Å². The minimum atomic E-state index is -4.67. The van der Waals surface area contributed by atoms with Gasteiger partial charge in [0.2, 0.25) is 5.60 Å². The van der Waals surface area contributed by atoms with Gasteiger partial charge in [0.25, 0.3) is 0 Å². The van der Waals surface area contributed by atoms with Gasteiger partial charge in [-0.3, -0.25) is 13.9 Å². The number of phosphoric ester groups is 1. The number of aromatic nitrogens is 3. The summed E-state index contributed by atoms with van der Waals surface area (Å²) in [7, 11) is -4.67. The van der Waals surface area contributed by atoms with Crippen molar-refractivity contribution in [2.24, 2.45) is 0 Å². The zero-order valence-electron chi connectivity index (χ0n) is 33.1. The molecule has 3 aromatic rings. The number of phosphoric acid groups is 1. The SMILES string of the molecule is CCCCCCCCCCCCCCCCCCOC[C@H](COP(=O)(O)OC[C@H]1O[C@@](C#N)(c2ccc3c(N)ncnn23)[C@H](O)[C@@H]1O)N1Cc2ccccc2C1. The highest BCUT2D eigenvalue weighted by Gasteiger charge is 2.58. The Kier molecular flexibility index (Phi) is 17.5. The molecule has 1 fully saturated rings. The highest BCUT2D eigenvalue weighted by molar-refractivity contribution is 7.47. The van der Waals surface area contributed by atoms with Crippen molar-refractivity contribution in [2.75, 3.05) is 32.2 Å². The largest absolute Gasteiger partial charge is 0.472 e. The number of unbranched alkanes of at least 4 members (excludes halogenated alkanes) is 15. The first-order valence-corrected chi connectivity index (χ1v) is 22.2. The number of hydrogen-bond donors (Lipinski definition) is 4. The second kappa shape index (κ2) is 22.3. The number of aliphatic hydroxyl groups excluding tert-OH is 2. The molecule has 2 aromatic heterocycles. The lowest BCUT2D eigenvalue weighted by atomic mass is 9.92. The summed E-state index contributed by atoms with van der Waals surface area (Å²) >= 11 is 0. The fraction of sp³-hybridized carbons (Fsp3) is 0.683. The number of aliphatic hydroxyl groups is 2. The van der Waals surface area contributed by atoms with E-state index < -0.39 is 38.3 Å². The van der Waals surface area contributed by atoms with Gasteiger partial charge in [-0.2, -0.15) is 10.4 Å². The van der Waals surface area contributed by atoms with Crippen LogP contribution in [0.2, 0.25) is 0 Å². The normalized spacial score (nSPS) is 22.7.